The summed E-state index contributed by atoms with van der Waals surface area (Å²) in [6.45, 7) is 5.90. The van der Waals surface area contributed by atoms with Crippen LogP contribution in [0.5, 0.6) is 0 Å². The van der Waals surface area contributed by atoms with E-state index in [1.807, 2.05) is 0 Å². The summed E-state index contributed by atoms with van der Waals surface area (Å²) < 4.78 is 12.5. The van der Waals surface area contributed by atoms with Crippen molar-refractivity contribution in [2.24, 2.45) is 5.73 Å². The third-order valence-corrected chi connectivity index (χ3v) is 1.44. The van der Waals surface area contributed by atoms with E-state index in [9.17, 15) is 9.18 Å². The van der Waals surface area contributed by atoms with Crippen molar-refractivity contribution in [2.45, 2.75) is 13.8 Å². The molecule has 0 aliphatic heterocycles. The van der Waals surface area contributed by atoms with Gasteiger partial charge in [0.2, 0.25) is 0 Å². The van der Waals surface area contributed by atoms with E-state index >= 15 is 0 Å². The van der Waals surface area contributed by atoms with E-state index in [0.717, 1.165) is 6.08 Å². The Bertz CT molecular complexity index is 299. The van der Waals surface area contributed by atoms with Crippen molar-refractivity contribution < 1.29 is 14.3 Å². The van der Waals surface area contributed by atoms with Crippen molar-refractivity contribution in [3.05, 3.63) is 35.3 Å². The third kappa shape index (κ3) is 3.55. The van der Waals surface area contributed by atoms with Crippen LogP contribution in [0.1, 0.15) is 13.8 Å². The summed E-state index contributed by atoms with van der Waals surface area (Å²) in [4.78, 5) is 10.6. The average Bonchev–Trinajstić information content (AvgIpc) is 1.97. The SMILES string of the molecule is C=C(F)/C(C)=C\C(C(=O)O)=C(/C)N. The lowest BCUT2D eigenvalue weighted by atomic mass is 10.1. The second kappa shape index (κ2) is 4.45. The lowest BCUT2D eigenvalue weighted by molar-refractivity contribution is -0.132. The summed E-state index contributed by atoms with van der Waals surface area (Å²) in [6.07, 6.45) is 1.15. The number of halogens is 1. The molecule has 0 aromatic heterocycles. The van der Waals surface area contributed by atoms with Gasteiger partial charge in [-0.1, -0.05) is 6.58 Å². The molecule has 0 heterocycles. The van der Waals surface area contributed by atoms with Gasteiger partial charge in [0.15, 0.2) is 0 Å². The van der Waals surface area contributed by atoms with E-state index < -0.39 is 11.8 Å². The first kappa shape index (κ1) is 11.4. The number of allylic oxidation sites excluding steroid dienone is 3. The monoisotopic (exact) mass is 185 g/mol. The summed E-state index contributed by atoms with van der Waals surface area (Å²) in [5.74, 6) is -1.85. The molecular weight excluding hydrogens is 173 g/mol. The van der Waals surface area contributed by atoms with Crippen molar-refractivity contribution in [3.8, 4) is 0 Å². The molecule has 0 rings (SSSR count). The quantitative estimate of drug-likeness (QED) is 0.520. The molecule has 0 atom stereocenters. The molecule has 0 aliphatic rings. The van der Waals surface area contributed by atoms with Crippen LogP contribution >= 0.6 is 0 Å². The summed E-state index contributed by atoms with van der Waals surface area (Å²) in [5, 5.41) is 8.64. The molecular formula is C9H12FNO2. The smallest absolute Gasteiger partial charge is 0.337 e. The van der Waals surface area contributed by atoms with Gasteiger partial charge in [0.1, 0.15) is 5.83 Å². The molecule has 0 bridgehead atoms. The van der Waals surface area contributed by atoms with Crippen LogP contribution in [0, 0.1) is 0 Å². The second-order valence-electron chi connectivity index (χ2n) is 2.63. The molecule has 0 aromatic rings. The van der Waals surface area contributed by atoms with E-state index in [0.29, 0.717) is 0 Å². The number of hydrogen-bond donors (Lipinski definition) is 2. The molecule has 4 heteroatoms. The van der Waals surface area contributed by atoms with Crippen LogP contribution in [0.3, 0.4) is 0 Å². The van der Waals surface area contributed by atoms with Gasteiger partial charge in [-0.3, -0.25) is 0 Å². The highest BCUT2D eigenvalue weighted by Crippen LogP contribution is 2.12. The molecule has 0 spiro atoms. The predicted molar refractivity (Wildman–Crippen MR) is 48.5 cm³/mol. The molecule has 72 valence electrons. The average molecular weight is 185 g/mol. The van der Waals surface area contributed by atoms with Crippen LogP contribution in [0.25, 0.3) is 0 Å². The molecule has 0 fully saturated rings. The second-order valence-corrected chi connectivity index (χ2v) is 2.63. The molecule has 0 saturated carbocycles. The van der Waals surface area contributed by atoms with Crippen molar-refractivity contribution >= 4 is 5.97 Å². The number of carboxylic acids is 1. The van der Waals surface area contributed by atoms with Crippen molar-refractivity contribution in [1.29, 1.82) is 0 Å². The normalized spacial score (nSPS) is 13.6. The molecule has 3 N–H and O–H groups in total. The molecule has 0 radical (unpaired) electrons. The van der Waals surface area contributed by atoms with Gasteiger partial charge in [-0.15, -0.1) is 0 Å². The molecule has 0 aromatic carbocycles. The van der Waals surface area contributed by atoms with E-state index in [1.165, 1.54) is 13.8 Å². The summed E-state index contributed by atoms with van der Waals surface area (Å²) >= 11 is 0. The standard InChI is InChI=1S/C9H12FNO2/c1-5(6(2)10)4-8(7(3)11)9(12)13/h4H,2,11H2,1,3H3,(H,12,13)/b5-4-,8-7-. The molecule has 0 unspecified atom stereocenters. The number of carbonyl (C=O) groups is 1. The van der Waals surface area contributed by atoms with Crippen LogP contribution in [0.15, 0.2) is 35.3 Å². The third-order valence-electron chi connectivity index (χ3n) is 1.44. The van der Waals surface area contributed by atoms with Crippen molar-refractivity contribution in [1.82, 2.24) is 0 Å². The Labute approximate surface area is 76.1 Å². The fourth-order valence-corrected chi connectivity index (χ4v) is 0.639. The van der Waals surface area contributed by atoms with Crippen molar-refractivity contribution in [3.63, 3.8) is 0 Å². The first-order valence-electron chi connectivity index (χ1n) is 3.59. The van der Waals surface area contributed by atoms with E-state index in [2.05, 4.69) is 6.58 Å². The van der Waals surface area contributed by atoms with Crippen LogP contribution in [-0.2, 0) is 4.79 Å². The van der Waals surface area contributed by atoms with Gasteiger partial charge in [0.25, 0.3) is 0 Å². The Morgan fingerprint density at radius 2 is 2.00 bits per heavy atom. The van der Waals surface area contributed by atoms with Gasteiger partial charge in [-0.2, -0.15) is 0 Å². The fourth-order valence-electron chi connectivity index (χ4n) is 0.639. The van der Waals surface area contributed by atoms with Crippen LogP contribution < -0.4 is 5.73 Å². The highest BCUT2D eigenvalue weighted by atomic mass is 19.1. The van der Waals surface area contributed by atoms with Crippen LogP contribution in [0.2, 0.25) is 0 Å². The zero-order chi connectivity index (χ0) is 10.6. The lowest BCUT2D eigenvalue weighted by Crippen LogP contribution is -2.06. The highest BCUT2D eigenvalue weighted by molar-refractivity contribution is 5.90. The summed E-state index contributed by atoms with van der Waals surface area (Å²) in [7, 11) is 0. The Morgan fingerprint density at radius 1 is 1.54 bits per heavy atom. The van der Waals surface area contributed by atoms with Gasteiger partial charge in [0, 0.05) is 5.70 Å². The first-order chi connectivity index (χ1) is 5.86. The topological polar surface area (TPSA) is 63.3 Å². The largest absolute Gasteiger partial charge is 0.478 e. The highest BCUT2D eigenvalue weighted by Gasteiger charge is 2.07. The fraction of sp³-hybridized carbons (Fsp3) is 0.222. The van der Waals surface area contributed by atoms with E-state index in [4.69, 9.17) is 10.8 Å². The Hall–Kier alpha value is -1.58. The Balaban J connectivity index is 5.06. The molecule has 0 amide bonds. The minimum atomic E-state index is -1.18. The minimum absolute atomic E-state index is 0.115. The maximum Gasteiger partial charge on any atom is 0.337 e. The predicted octanol–water partition coefficient (Wildman–Crippen LogP) is 1.73. The van der Waals surface area contributed by atoms with Gasteiger partial charge in [-0.05, 0) is 25.5 Å². The maximum absolute atomic E-state index is 12.5. The lowest BCUT2D eigenvalue weighted by Gasteiger charge is -2.00. The number of carboxylic acid groups (broad SMARTS) is 1. The maximum atomic E-state index is 12.5. The number of hydrogen-bond acceptors (Lipinski definition) is 2. The molecule has 0 aliphatic carbocycles. The van der Waals surface area contributed by atoms with E-state index in [1.54, 1.807) is 0 Å². The Kier molecular flexibility index (Phi) is 3.91. The number of rotatable bonds is 3. The van der Waals surface area contributed by atoms with Crippen LogP contribution in [-0.4, -0.2) is 11.1 Å². The zero-order valence-electron chi connectivity index (χ0n) is 7.60. The first-order valence-corrected chi connectivity index (χ1v) is 3.59. The molecule has 13 heavy (non-hydrogen) atoms. The van der Waals surface area contributed by atoms with E-state index in [-0.39, 0.29) is 16.8 Å². The van der Waals surface area contributed by atoms with Gasteiger partial charge < -0.3 is 10.8 Å². The van der Waals surface area contributed by atoms with Gasteiger partial charge >= 0.3 is 5.97 Å². The molecule has 3 nitrogen and oxygen atoms in total. The van der Waals surface area contributed by atoms with Crippen molar-refractivity contribution in [2.75, 3.05) is 0 Å². The number of aliphatic carboxylic acids is 1. The van der Waals surface area contributed by atoms with Gasteiger partial charge in [-0.25, -0.2) is 9.18 Å². The number of nitrogens with two attached hydrogens (primary N) is 1. The summed E-state index contributed by atoms with van der Waals surface area (Å²) in [5.41, 5.74) is 5.46. The zero-order valence-corrected chi connectivity index (χ0v) is 7.60. The minimum Gasteiger partial charge on any atom is -0.478 e. The van der Waals surface area contributed by atoms with Gasteiger partial charge in [0.05, 0.1) is 5.57 Å². The van der Waals surface area contributed by atoms with Crippen LogP contribution in [0.4, 0.5) is 4.39 Å². The Morgan fingerprint density at radius 3 is 2.23 bits per heavy atom. The summed E-state index contributed by atoms with van der Waals surface area (Å²) in [6, 6.07) is 0. The molecule has 0 saturated heterocycles.